The molecule has 152 valence electrons. The van der Waals surface area contributed by atoms with Crippen molar-refractivity contribution in [3.05, 3.63) is 16.5 Å². The second-order valence-corrected chi connectivity index (χ2v) is 11.6. The van der Waals surface area contributed by atoms with Crippen LogP contribution in [0.3, 0.4) is 0 Å². The van der Waals surface area contributed by atoms with E-state index in [1.165, 1.54) is 12.1 Å². The molecule has 0 saturated heterocycles. The molecular formula is C14H23Cl2NO6S3. The molecule has 0 spiro atoms. The van der Waals surface area contributed by atoms with Gasteiger partial charge in [-0.15, -0.1) is 23.7 Å². The molecule has 1 rings (SSSR count). The van der Waals surface area contributed by atoms with E-state index in [9.17, 15) is 26.7 Å². The van der Waals surface area contributed by atoms with Crippen LogP contribution in [0.2, 0.25) is 4.34 Å². The third-order valence-corrected chi connectivity index (χ3v) is 9.02. The lowest BCUT2D eigenvalue weighted by atomic mass is 10.2. The molecule has 1 heterocycles. The summed E-state index contributed by atoms with van der Waals surface area (Å²) in [6, 6.07) is 0.845. The molecule has 0 aromatic carbocycles. The molecular weight excluding hydrogens is 445 g/mol. The van der Waals surface area contributed by atoms with Crippen LogP contribution in [-0.4, -0.2) is 45.0 Å². The Hall–Kier alpha value is -0.390. The minimum atomic E-state index is -4.17. The Morgan fingerprint density at radius 3 is 2.12 bits per heavy atom. The van der Waals surface area contributed by atoms with E-state index in [-0.39, 0.29) is 21.0 Å². The molecule has 0 radical (unpaired) electrons. The average Bonchev–Trinajstić information content (AvgIpc) is 2.93. The van der Waals surface area contributed by atoms with Crippen molar-refractivity contribution in [1.82, 2.24) is 4.72 Å². The number of nitrogens with one attached hydrogen (secondary N) is 1. The van der Waals surface area contributed by atoms with Crippen LogP contribution in [0.5, 0.6) is 0 Å². The lowest BCUT2D eigenvalue weighted by Gasteiger charge is -2.20. The fourth-order valence-corrected chi connectivity index (χ4v) is 7.31. The van der Waals surface area contributed by atoms with Gasteiger partial charge in [0, 0.05) is 0 Å². The summed E-state index contributed by atoms with van der Waals surface area (Å²) in [6.45, 7) is 3.69. The van der Waals surface area contributed by atoms with Crippen LogP contribution in [-0.2, 0) is 24.7 Å². The maximum absolute atomic E-state index is 12.5. The molecule has 2 N–H and O–H groups in total. The van der Waals surface area contributed by atoms with E-state index in [1.807, 2.05) is 18.6 Å². The van der Waals surface area contributed by atoms with Gasteiger partial charge in [-0.2, -0.15) is 4.72 Å². The smallest absolute Gasteiger partial charge is 0.322 e. The third-order valence-electron chi connectivity index (χ3n) is 3.54. The number of thiophene rings is 1. The zero-order valence-electron chi connectivity index (χ0n) is 14.3. The predicted octanol–water partition coefficient (Wildman–Crippen LogP) is 2.94. The van der Waals surface area contributed by atoms with Crippen molar-refractivity contribution in [2.75, 3.05) is 5.75 Å². The van der Waals surface area contributed by atoms with E-state index in [0.717, 1.165) is 11.3 Å². The molecule has 7 nitrogen and oxygen atoms in total. The van der Waals surface area contributed by atoms with Gasteiger partial charge in [-0.1, -0.05) is 38.3 Å². The van der Waals surface area contributed by atoms with E-state index >= 15 is 0 Å². The number of carboxylic acid groups (broad SMARTS) is 1. The van der Waals surface area contributed by atoms with Gasteiger partial charge in [0.2, 0.25) is 0 Å². The number of carbonyl (C=O) groups is 1. The average molecular weight is 468 g/mol. The Morgan fingerprint density at radius 1 is 1.19 bits per heavy atom. The van der Waals surface area contributed by atoms with Crippen molar-refractivity contribution >= 4 is 61.2 Å². The van der Waals surface area contributed by atoms with Crippen LogP contribution >= 0.6 is 35.3 Å². The van der Waals surface area contributed by atoms with Crippen molar-refractivity contribution < 1.29 is 26.7 Å². The Bertz CT molecular complexity index is 785. The first-order chi connectivity index (χ1) is 11.5. The van der Waals surface area contributed by atoms with Crippen LogP contribution in [0.4, 0.5) is 0 Å². The Kier molecular flexibility index (Phi) is 10.7. The minimum Gasteiger partial charge on any atom is -0.480 e. The highest BCUT2D eigenvalue weighted by molar-refractivity contribution is 7.92. The molecule has 26 heavy (non-hydrogen) atoms. The number of halogens is 2. The zero-order chi connectivity index (χ0) is 19.3. The van der Waals surface area contributed by atoms with Crippen molar-refractivity contribution in [3.63, 3.8) is 0 Å². The summed E-state index contributed by atoms with van der Waals surface area (Å²) >= 11 is 6.46. The summed E-state index contributed by atoms with van der Waals surface area (Å²) in [5, 5.41) is 8.60. The molecule has 0 aliphatic carbocycles. The van der Waals surface area contributed by atoms with Gasteiger partial charge in [-0.3, -0.25) is 4.79 Å². The van der Waals surface area contributed by atoms with E-state index in [2.05, 4.69) is 0 Å². The fraction of sp³-hybridized carbons (Fsp3) is 0.643. The van der Waals surface area contributed by atoms with Gasteiger partial charge in [-0.05, 0) is 25.0 Å². The Balaban J connectivity index is 0.00000625. The topological polar surface area (TPSA) is 118 Å². The van der Waals surface area contributed by atoms with E-state index in [4.69, 9.17) is 11.6 Å². The summed E-state index contributed by atoms with van der Waals surface area (Å²) in [5.74, 6) is -2.33. The number of sulfone groups is 1. The van der Waals surface area contributed by atoms with Crippen LogP contribution in [0.1, 0.15) is 39.5 Å². The molecule has 0 unspecified atom stereocenters. The molecule has 12 heteroatoms. The first kappa shape index (κ1) is 25.6. The van der Waals surface area contributed by atoms with Crippen molar-refractivity contribution in [3.8, 4) is 0 Å². The Morgan fingerprint density at radius 2 is 1.73 bits per heavy atom. The molecule has 0 amide bonds. The Labute approximate surface area is 169 Å². The summed E-state index contributed by atoms with van der Waals surface area (Å²) in [4.78, 5) is 11.4. The minimum absolute atomic E-state index is 0. The SMILES string of the molecule is CCCC(CCC)S(=O)(=O)C[C@H](NS(=O)(=O)c1ccc(Cl)s1)C(=O)O.Cl. The summed E-state index contributed by atoms with van der Waals surface area (Å²) < 4.78 is 51.6. The normalized spacial score (nSPS) is 13.4. The highest BCUT2D eigenvalue weighted by Crippen LogP contribution is 2.26. The van der Waals surface area contributed by atoms with Crippen LogP contribution < -0.4 is 4.72 Å². The molecule has 1 aromatic heterocycles. The molecule has 1 atom stereocenters. The highest BCUT2D eigenvalue weighted by atomic mass is 35.5. The lowest BCUT2D eigenvalue weighted by Crippen LogP contribution is -2.46. The number of sulfonamides is 1. The van der Waals surface area contributed by atoms with E-state index in [1.54, 1.807) is 0 Å². The van der Waals surface area contributed by atoms with Crippen molar-refractivity contribution in [1.29, 1.82) is 0 Å². The van der Waals surface area contributed by atoms with Gasteiger partial charge in [0.1, 0.15) is 10.3 Å². The molecule has 0 aliphatic heterocycles. The van der Waals surface area contributed by atoms with Crippen LogP contribution in [0.25, 0.3) is 0 Å². The van der Waals surface area contributed by atoms with E-state index < -0.39 is 42.9 Å². The van der Waals surface area contributed by atoms with Crippen molar-refractivity contribution in [2.24, 2.45) is 0 Å². The summed E-state index contributed by atoms with van der Waals surface area (Å²) in [7, 11) is -7.94. The zero-order valence-corrected chi connectivity index (χ0v) is 18.4. The second-order valence-electron chi connectivity index (χ2n) is 5.60. The van der Waals surface area contributed by atoms with Gasteiger partial charge in [-0.25, -0.2) is 16.8 Å². The monoisotopic (exact) mass is 467 g/mol. The first-order valence-electron chi connectivity index (χ1n) is 7.75. The maximum atomic E-state index is 12.5. The molecule has 1 aromatic rings. The highest BCUT2D eigenvalue weighted by Gasteiger charge is 2.34. The third kappa shape index (κ3) is 7.32. The number of hydrogen-bond acceptors (Lipinski definition) is 6. The van der Waals surface area contributed by atoms with Gasteiger partial charge >= 0.3 is 5.97 Å². The summed E-state index contributed by atoms with van der Waals surface area (Å²) in [6.07, 6.45) is 2.10. The first-order valence-corrected chi connectivity index (χ1v) is 12.1. The number of aliphatic carboxylic acids is 1. The lowest BCUT2D eigenvalue weighted by molar-refractivity contribution is -0.138. The van der Waals surface area contributed by atoms with Gasteiger partial charge in [0.25, 0.3) is 10.0 Å². The van der Waals surface area contributed by atoms with Gasteiger partial charge in [0.15, 0.2) is 9.84 Å². The van der Waals surface area contributed by atoms with E-state index in [0.29, 0.717) is 25.7 Å². The fourth-order valence-electron chi connectivity index (χ4n) is 2.36. The second kappa shape index (κ2) is 10.8. The van der Waals surface area contributed by atoms with Gasteiger partial charge < -0.3 is 5.11 Å². The maximum Gasteiger partial charge on any atom is 0.322 e. The molecule has 0 saturated carbocycles. The molecule has 0 bridgehead atoms. The molecule has 0 aliphatic rings. The number of rotatable bonds is 11. The van der Waals surface area contributed by atoms with Crippen LogP contribution in [0.15, 0.2) is 16.3 Å². The quantitative estimate of drug-likeness (QED) is 0.516. The van der Waals surface area contributed by atoms with Gasteiger partial charge in [0.05, 0.1) is 15.3 Å². The largest absolute Gasteiger partial charge is 0.480 e. The number of carboxylic acids is 1. The predicted molar refractivity (Wildman–Crippen MR) is 106 cm³/mol. The van der Waals surface area contributed by atoms with Crippen molar-refractivity contribution in [2.45, 2.75) is 55.0 Å². The standard InChI is InChI=1S/C14H22ClNO6S3.ClH/c1-3-5-10(6-4-2)24(19,20)9-11(14(17)18)16-25(21,22)13-8-7-12(15)23-13;/h7-8,10-11,16H,3-6,9H2,1-2H3,(H,17,18);1H/t11-;/m0./s1. The molecule has 0 fully saturated rings. The number of hydrogen-bond donors (Lipinski definition) is 2. The summed E-state index contributed by atoms with van der Waals surface area (Å²) in [5.41, 5.74) is 0. The van der Waals surface area contributed by atoms with Crippen LogP contribution in [0, 0.1) is 0 Å².